The summed E-state index contributed by atoms with van der Waals surface area (Å²) in [5, 5.41) is 26.4. The number of carbonyl (C=O) groups excluding carboxylic acids is 2. The number of nitriles is 1. The molecule has 0 saturated carbocycles. The Balaban J connectivity index is 1.02. The lowest BCUT2D eigenvalue weighted by Gasteiger charge is -2.32. The maximum atomic E-state index is 12.3. The van der Waals surface area contributed by atoms with E-state index in [1.807, 2.05) is 38.2 Å². The van der Waals surface area contributed by atoms with E-state index in [4.69, 9.17) is 4.98 Å². The van der Waals surface area contributed by atoms with Crippen LogP contribution in [-0.2, 0) is 16.1 Å². The number of piperidine rings is 2. The molecule has 3 aromatic carbocycles. The average molecular weight is 664 g/mol. The Hall–Kier alpha value is -5.46. The fraction of sp³-hybridized carbons (Fsp3) is 0.317. The quantitative estimate of drug-likeness (QED) is 0.166. The molecule has 0 radical (unpaired) electrons. The van der Waals surface area contributed by atoms with Gasteiger partial charge in [-0.05, 0) is 105 Å². The molecule has 50 heavy (non-hydrogen) atoms. The molecule has 0 aliphatic carbocycles. The highest BCUT2D eigenvalue weighted by atomic mass is 16.2. The average Bonchev–Trinajstić information content (AvgIpc) is 3.13. The molecule has 2 atom stereocenters. The fourth-order valence-electron chi connectivity index (χ4n) is 7.49. The molecule has 2 N–H and O–H groups in total. The van der Waals surface area contributed by atoms with Gasteiger partial charge in [0.05, 0.1) is 35.0 Å². The van der Waals surface area contributed by atoms with Crippen molar-refractivity contribution < 1.29 is 9.59 Å². The number of amides is 2. The molecule has 2 fully saturated rings. The Morgan fingerprint density at radius 2 is 1.70 bits per heavy atom. The zero-order chi connectivity index (χ0) is 34.8. The summed E-state index contributed by atoms with van der Waals surface area (Å²) < 4.78 is 0. The van der Waals surface area contributed by atoms with Crippen LogP contribution < -0.4 is 10.6 Å². The summed E-state index contributed by atoms with van der Waals surface area (Å²) in [5.41, 5.74) is 8.99. The van der Waals surface area contributed by atoms with Crippen molar-refractivity contribution >= 4 is 28.4 Å². The highest BCUT2D eigenvalue weighted by molar-refractivity contribution is 6.01. The second-order valence-electron chi connectivity index (χ2n) is 13.7. The molecule has 4 heterocycles. The molecule has 252 valence electrons. The Morgan fingerprint density at radius 1 is 0.940 bits per heavy atom. The summed E-state index contributed by atoms with van der Waals surface area (Å²) in [7, 11) is 0. The summed E-state index contributed by atoms with van der Waals surface area (Å²) in [5.74, 6) is 0.572. The van der Waals surface area contributed by atoms with Crippen LogP contribution in [0.4, 0.5) is 5.82 Å². The minimum absolute atomic E-state index is 0.0789. The smallest absolute Gasteiger partial charge is 0.234 e. The number of anilines is 1. The van der Waals surface area contributed by atoms with E-state index in [0.29, 0.717) is 30.1 Å². The van der Waals surface area contributed by atoms with Crippen molar-refractivity contribution in [2.75, 3.05) is 18.4 Å². The predicted octanol–water partition coefficient (Wildman–Crippen LogP) is 7.25. The number of imide groups is 1. The lowest BCUT2D eigenvalue weighted by molar-refractivity contribution is -0.134. The highest BCUT2D eigenvalue weighted by Crippen LogP contribution is 2.33. The van der Waals surface area contributed by atoms with Crippen LogP contribution in [-0.4, -0.2) is 45.0 Å². The van der Waals surface area contributed by atoms with Gasteiger partial charge in [-0.1, -0.05) is 54.6 Å². The van der Waals surface area contributed by atoms with Crippen molar-refractivity contribution in [3.8, 4) is 17.3 Å². The number of carbonyl (C=O) groups is 2. The molecule has 2 amide bonds. The van der Waals surface area contributed by atoms with Crippen LogP contribution >= 0.6 is 0 Å². The van der Waals surface area contributed by atoms with Gasteiger partial charge in [0.1, 0.15) is 0 Å². The number of rotatable bonds is 8. The van der Waals surface area contributed by atoms with Gasteiger partial charge in [-0.15, -0.1) is 5.10 Å². The van der Waals surface area contributed by atoms with Crippen molar-refractivity contribution in [2.45, 2.75) is 70.9 Å². The molecule has 9 heteroatoms. The first kappa shape index (κ1) is 33.1. The summed E-state index contributed by atoms with van der Waals surface area (Å²) in [6.45, 7) is 8.90. The minimum Gasteiger partial charge on any atom is -0.362 e. The van der Waals surface area contributed by atoms with Gasteiger partial charge in [0, 0.05) is 35.5 Å². The SMILES string of the molecule is Cc1c(C#N)cccc1[C@@H](C)Nc1nnc(C)c2cnc(-c3cccc(CN4CCC(c5ccc(C6CCC(=O)NC6=O)cc5)CC4)c3)cc12. The Kier molecular flexibility index (Phi) is 9.38. The van der Waals surface area contributed by atoms with Gasteiger partial charge in [0.25, 0.3) is 0 Å². The van der Waals surface area contributed by atoms with Crippen molar-refractivity contribution in [2.24, 2.45) is 0 Å². The van der Waals surface area contributed by atoms with Gasteiger partial charge in [-0.25, -0.2) is 0 Å². The number of nitrogens with one attached hydrogen (secondary N) is 2. The number of aromatic nitrogens is 3. The number of fused-ring (bicyclic) bond motifs is 1. The van der Waals surface area contributed by atoms with Gasteiger partial charge in [-0.3, -0.25) is 24.8 Å². The first-order chi connectivity index (χ1) is 24.3. The Morgan fingerprint density at radius 3 is 2.46 bits per heavy atom. The molecule has 2 aromatic heterocycles. The van der Waals surface area contributed by atoms with E-state index in [1.165, 1.54) is 11.1 Å². The van der Waals surface area contributed by atoms with Crippen LogP contribution in [0.2, 0.25) is 0 Å². The number of hydrogen-bond acceptors (Lipinski definition) is 8. The first-order valence-electron chi connectivity index (χ1n) is 17.4. The van der Waals surface area contributed by atoms with Crippen LogP contribution in [0.3, 0.4) is 0 Å². The van der Waals surface area contributed by atoms with Crippen LogP contribution in [0.1, 0.15) is 89.6 Å². The third kappa shape index (κ3) is 6.85. The number of nitrogens with zero attached hydrogens (tertiary/aromatic N) is 5. The highest BCUT2D eigenvalue weighted by Gasteiger charge is 2.28. The Labute approximate surface area is 292 Å². The molecule has 2 aliphatic rings. The maximum Gasteiger partial charge on any atom is 0.234 e. The normalized spacial score (nSPS) is 17.7. The number of likely N-dealkylation sites (tertiary alicyclic amines) is 1. The summed E-state index contributed by atoms with van der Waals surface area (Å²) in [4.78, 5) is 31.2. The monoisotopic (exact) mass is 663 g/mol. The molecule has 1 unspecified atom stereocenters. The van der Waals surface area contributed by atoms with E-state index < -0.39 is 0 Å². The number of pyridine rings is 1. The summed E-state index contributed by atoms with van der Waals surface area (Å²) >= 11 is 0. The van der Waals surface area contributed by atoms with Gasteiger partial charge in [-0.2, -0.15) is 10.4 Å². The molecule has 9 nitrogen and oxygen atoms in total. The zero-order valence-electron chi connectivity index (χ0n) is 28.7. The van der Waals surface area contributed by atoms with Crippen LogP contribution in [0.15, 0.2) is 79.0 Å². The largest absolute Gasteiger partial charge is 0.362 e. The molecular formula is C41H41N7O2. The minimum atomic E-state index is -0.243. The van der Waals surface area contributed by atoms with Crippen molar-refractivity contribution in [1.29, 1.82) is 5.26 Å². The lowest BCUT2D eigenvalue weighted by atomic mass is 9.86. The zero-order valence-corrected chi connectivity index (χ0v) is 28.7. The molecule has 2 aliphatic heterocycles. The molecule has 0 spiro atoms. The third-order valence-corrected chi connectivity index (χ3v) is 10.4. The van der Waals surface area contributed by atoms with Crippen LogP contribution in [0, 0.1) is 25.2 Å². The van der Waals surface area contributed by atoms with E-state index in [2.05, 4.69) is 93.3 Å². The first-order valence-corrected chi connectivity index (χ1v) is 17.4. The molecular weight excluding hydrogens is 622 g/mol. The summed E-state index contributed by atoms with van der Waals surface area (Å²) in [6.07, 6.45) is 5.02. The maximum absolute atomic E-state index is 12.3. The van der Waals surface area contributed by atoms with Gasteiger partial charge in [0.2, 0.25) is 11.8 Å². The van der Waals surface area contributed by atoms with E-state index in [-0.39, 0.29) is 23.8 Å². The fourth-order valence-corrected chi connectivity index (χ4v) is 7.49. The molecule has 0 bridgehead atoms. The second kappa shape index (κ2) is 14.2. The Bertz CT molecular complexity index is 2110. The number of benzene rings is 3. The number of hydrogen-bond donors (Lipinski definition) is 2. The van der Waals surface area contributed by atoms with Crippen molar-refractivity contribution in [3.05, 3.63) is 118 Å². The molecule has 7 rings (SSSR count). The van der Waals surface area contributed by atoms with Gasteiger partial charge >= 0.3 is 0 Å². The van der Waals surface area contributed by atoms with Gasteiger partial charge < -0.3 is 5.32 Å². The second-order valence-corrected chi connectivity index (χ2v) is 13.7. The van der Waals surface area contributed by atoms with Gasteiger partial charge in [0.15, 0.2) is 5.82 Å². The topological polar surface area (TPSA) is 124 Å². The predicted molar refractivity (Wildman–Crippen MR) is 194 cm³/mol. The lowest BCUT2D eigenvalue weighted by Crippen LogP contribution is -2.39. The van der Waals surface area contributed by atoms with Crippen LogP contribution in [0.5, 0.6) is 0 Å². The van der Waals surface area contributed by atoms with Crippen LogP contribution in [0.25, 0.3) is 22.0 Å². The third-order valence-electron chi connectivity index (χ3n) is 10.4. The standard InChI is InChI=1S/C41H41N7O2/c1-25-33(22-42)8-5-9-34(25)26(2)44-40-36-21-38(43-23-37(36)27(3)46-47-40)32-7-4-6-28(20-32)24-48-18-16-30(17-19-48)29-10-12-31(13-11-29)35-14-15-39(49)45-41(35)50/h4-13,20-21,23,26,30,35H,14-19,24H2,1-3H3,(H,44,47)(H,45,49,50)/t26-,35?/m1/s1. The van der Waals surface area contributed by atoms with Crippen molar-refractivity contribution in [1.82, 2.24) is 25.4 Å². The van der Waals surface area contributed by atoms with E-state index >= 15 is 0 Å². The van der Waals surface area contributed by atoms with E-state index in [9.17, 15) is 14.9 Å². The molecule has 5 aromatic rings. The number of aryl methyl sites for hydroxylation is 1. The summed E-state index contributed by atoms with van der Waals surface area (Å²) in [6, 6.07) is 27.2. The van der Waals surface area contributed by atoms with Crippen molar-refractivity contribution in [3.63, 3.8) is 0 Å². The molecule has 2 saturated heterocycles. The van der Waals surface area contributed by atoms with E-state index in [1.54, 1.807) is 0 Å². The van der Waals surface area contributed by atoms with E-state index in [0.717, 1.165) is 76.9 Å².